The second-order valence-corrected chi connectivity index (χ2v) is 7.27. The first-order valence-electron chi connectivity index (χ1n) is 8.82. The number of para-hydroxylation sites is 2. The summed E-state index contributed by atoms with van der Waals surface area (Å²) in [6.45, 7) is 2.59. The average molecular weight is 372 g/mol. The molecule has 27 heavy (non-hydrogen) atoms. The topological polar surface area (TPSA) is 43.6 Å². The first-order chi connectivity index (χ1) is 13.3. The zero-order chi connectivity index (χ0) is 18.4. The number of hydrogen-bond acceptors (Lipinski definition) is 4. The highest BCUT2D eigenvalue weighted by Crippen LogP contribution is 2.29. The Kier molecular flexibility index (Phi) is 3.69. The van der Waals surface area contributed by atoms with E-state index in [0.717, 1.165) is 38.1 Å². The maximum Gasteiger partial charge on any atom is 0.274 e. The molecule has 0 aliphatic rings. The van der Waals surface area contributed by atoms with Crippen LogP contribution >= 0.6 is 11.3 Å². The number of hydrogen-bond donors (Lipinski definition) is 0. The van der Waals surface area contributed by atoms with Crippen molar-refractivity contribution in [2.24, 2.45) is 0 Å². The van der Waals surface area contributed by atoms with Gasteiger partial charge in [-0.1, -0.05) is 53.8 Å². The fourth-order valence-corrected chi connectivity index (χ4v) is 4.43. The molecule has 0 saturated heterocycles. The smallest absolute Gasteiger partial charge is 0.274 e. The van der Waals surface area contributed by atoms with Gasteiger partial charge in [0, 0.05) is 5.39 Å². The lowest BCUT2D eigenvalue weighted by Crippen LogP contribution is -2.22. The lowest BCUT2D eigenvalue weighted by Gasteiger charge is -2.09. The molecule has 0 spiro atoms. The number of rotatable bonds is 3. The molecule has 0 aliphatic carbocycles. The minimum Gasteiger partial charge on any atom is -0.493 e. The van der Waals surface area contributed by atoms with E-state index in [1.165, 1.54) is 11.3 Å². The first kappa shape index (κ1) is 16.0. The van der Waals surface area contributed by atoms with Crippen LogP contribution in [0.4, 0.5) is 0 Å². The van der Waals surface area contributed by atoms with Crippen molar-refractivity contribution in [2.75, 3.05) is 6.61 Å². The van der Waals surface area contributed by atoms with Crippen LogP contribution in [0.5, 0.6) is 5.75 Å². The summed E-state index contributed by atoms with van der Waals surface area (Å²) in [5, 5.41) is 2.12. The third-order valence-electron chi connectivity index (χ3n) is 4.65. The quantitative estimate of drug-likeness (QED) is 0.481. The normalized spacial score (nSPS) is 12.4. The van der Waals surface area contributed by atoms with E-state index in [9.17, 15) is 4.79 Å². The molecule has 0 fully saturated rings. The second kappa shape index (κ2) is 6.21. The number of thiazole rings is 1. The van der Waals surface area contributed by atoms with Crippen LogP contribution in [-0.4, -0.2) is 16.0 Å². The highest BCUT2D eigenvalue weighted by molar-refractivity contribution is 7.15. The summed E-state index contributed by atoms with van der Waals surface area (Å²) in [5.74, 6) is 0.861. The molecule has 5 aromatic rings. The summed E-state index contributed by atoms with van der Waals surface area (Å²) in [6.07, 6.45) is 1.95. The van der Waals surface area contributed by atoms with Crippen molar-refractivity contribution in [3.63, 3.8) is 0 Å². The molecular weight excluding hydrogens is 356 g/mol. The zero-order valence-electron chi connectivity index (χ0n) is 14.7. The predicted molar refractivity (Wildman–Crippen MR) is 111 cm³/mol. The number of nitrogens with zero attached hydrogens (tertiary/aromatic N) is 2. The summed E-state index contributed by atoms with van der Waals surface area (Å²) in [4.78, 5) is 18.3. The van der Waals surface area contributed by atoms with E-state index in [0.29, 0.717) is 11.1 Å². The highest BCUT2D eigenvalue weighted by Gasteiger charge is 2.11. The molecule has 2 heterocycles. The SMILES string of the molecule is CCOc1ccc(C=c2sc3nc4ccccc4n3c2=O)c2ccccc12. The fraction of sp³-hybridized carbons (Fsp3) is 0.0909. The van der Waals surface area contributed by atoms with E-state index in [-0.39, 0.29) is 5.56 Å². The summed E-state index contributed by atoms with van der Waals surface area (Å²) < 4.78 is 8.12. The van der Waals surface area contributed by atoms with Crippen LogP contribution in [0.15, 0.2) is 65.5 Å². The monoisotopic (exact) mass is 372 g/mol. The van der Waals surface area contributed by atoms with E-state index in [4.69, 9.17) is 4.74 Å². The van der Waals surface area contributed by atoms with Crippen LogP contribution in [0.3, 0.4) is 0 Å². The molecule has 5 heteroatoms. The van der Waals surface area contributed by atoms with Crippen LogP contribution < -0.4 is 14.8 Å². The Morgan fingerprint density at radius 1 is 1.04 bits per heavy atom. The van der Waals surface area contributed by atoms with E-state index in [1.807, 2.05) is 67.6 Å². The molecule has 0 aliphatic heterocycles. The van der Waals surface area contributed by atoms with Crippen molar-refractivity contribution in [3.05, 3.63) is 81.1 Å². The van der Waals surface area contributed by atoms with Crippen LogP contribution in [0.1, 0.15) is 12.5 Å². The second-order valence-electron chi connectivity index (χ2n) is 6.27. The van der Waals surface area contributed by atoms with Gasteiger partial charge in [0.05, 0.1) is 22.2 Å². The van der Waals surface area contributed by atoms with Gasteiger partial charge in [0.1, 0.15) is 5.75 Å². The van der Waals surface area contributed by atoms with Crippen molar-refractivity contribution in [1.82, 2.24) is 9.38 Å². The summed E-state index contributed by atoms with van der Waals surface area (Å²) in [6, 6.07) is 19.8. The van der Waals surface area contributed by atoms with Gasteiger partial charge in [-0.05, 0) is 42.1 Å². The Morgan fingerprint density at radius 3 is 2.67 bits per heavy atom. The summed E-state index contributed by atoms with van der Waals surface area (Å²) in [5.41, 5.74) is 2.67. The maximum atomic E-state index is 13.0. The first-order valence-corrected chi connectivity index (χ1v) is 9.64. The molecule has 0 N–H and O–H groups in total. The molecule has 3 aromatic carbocycles. The molecule has 132 valence electrons. The van der Waals surface area contributed by atoms with Crippen molar-refractivity contribution < 1.29 is 4.74 Å². The zero-order valence-corrected chi connectivity index (χ0v) is 15.5. The standard InChI is InChI=1S/C22H16N2O2S/c1-2-26-19-12-11-14(15-7-3-4-8-16(15)19)13-20-21(25)24-18-10-6-5-9-17(18)23-22(24)27-20/h3-13H,2H2,1H3. The largest absolute Gasteiger partial charge is 0.493 e. The lowest BCUT2D eigenvalue weighted by molar-refractivity contribution is 0.344. The maximum absolute atomic E-state index is 13.0. The third-order valence-corrected chi connectivity index (χ3v) is 5.62. The molecule has 0 saturated carbocycles. The van der Waals surface area contributed by atoms with Gasteiger partial charge in [-0.25, -0.2) is 9.38 Å². The van der Waals surface area contributed by atoms with E-state index < -0.39 is 0 Å². The number of fused-ring (bicyclic) bond motifs is 4. The van der Waals surface area contributed by atoms with Gasteiger partial charge < -0.3 is 4.74 Å². The van der Waals surface area contributed by atoms with Gasteiger partial charge in [-0.15, -0.1) is 0 Å². The molecule has 2 aromatic heterocycles. The van der Waals surface area contributed by atoms with Crippen LogP contribution in [0, 0.1) is 0 Å². The highest BCUT2D eigenvalue weighted by atomic mass is 32.1. The van der Waals surface area contributed by atoms with Crippen molar-refractivity contribution in [3.8, 4) is 5.75 Å². The van der Waals surface area contributed by atoms with Gasteiger partial charge in [-0.2, -0.15) is 0 Å². The molecule has 0 atom stereocenters. The molecule has 0 unspecified atom stereocenters. The molecule has 5 rings (SSSR count). The predicted octanol–water partition coefficient (Wildman–Crippen LogP) is 4.01. The fourth-order valence-electron chi connectivity index (χ4n) is 3.46. The molecular formula is C22H16N2O2S. The van der Waals surface area contributed by atoms with Crippen LogP contribution in [0.2, 0.25) is 0 Å². The van der Waals surface area contributed by atoms with E-state index in [1.54, 1.807) is 4.40 Å². The van der Waals surface area contributed by atoms with Crippen LogP contribution in [-0.2, 0) is 0 Å². The van der Waals surface area contributed by atoms with Crippen molar-refractivity contribution in [1.29, 1.82) is 0 Å². The van der Waals surface area contributed by atoms with E-state index in [2.05, 4.69) is 11.1 Å². The van der Waals surface area contributed by atoms with Crippen LogP contribution in [0.25, 0.3) is 32.8 Å². The van der Waals surface area contributed by atoms with Crippen molar-refractivity contribution >= 4 is 44.2 Å². The van der Waals surface area contributed by atoms with Gasteiger partial charge in [-0.3, -0.25) is 4.79 Å². The van der Waals surface area contributed by atoms with Gasteiger partial charge >= 0.3 is 0 Å². The summed E-state index contributed by atoms with van der Waals surface area (Å²) in [7, 11) is 0. The minimum absolute atomic E-state index is 0.0262. The molecule has 0 radical (unpaired) electrons. The van der Waals surface area contributed by atoms with Gasteiger partial charge in [0.25, 0.3) is 5.56 Å². The average Bonchev–Trinajstić information content (AvgIpc) is 3.20. The molecule has 0 amide bonds. The number of ether oxygens (including phenoxy) is 1. The summed E-state index contributed by atoms with van der Waals surface area (Å²) >= 11 is 1.42. The number of imidazole rings is 1. The lowest BCUT2D eigenvalue weighted by atomic mass is 10.0. The Bertz CT molecular complexity index is 1420. The Balaban J connectivity index is 1.77. The number of aromatic nitrogens is 2. The third kappa shape index (κ3) is 2.51. The van der Waals surface area contributed by atoms with Gasteiger partial charge in [0.2, 0.25) is 0 Å². The Morgan fingerprint density at radius 2 is 1.81 bits per heavy atom. The Labute approximate surface area is 159 Å². The minimum atomic E-state index is -0.0262. The number of benzene rings is 3. The molecule has 0 bridgehead atoms. The molecule has 4 nitrogen and oxygen atoms in total. The van der Waals surface area contributed by atoms with E-state index >= 15 is 0 Å². The van der Waals surface area contributed by atoms with Gasteiger partial charge in [0.15, 0.2) is 4.96 Å². The Hall–Kier alpha value is -3.18. The van der Waals surface area contributed by atoms with Crippen molar-refractivity contribution in [2.45, 2.75) is 6.92 Å².